The lowest BCUT2D eigenvalue weighted by Gasteiger charge is -2.18. The molecule has 1 heterocycles. The average Bonchev–Trinajstić information content (AvgIpc) is 2.77. The van der Waals surface area contributed by atoms with E-state index in [1.54, 1.807) is 12.1 Å². The van der Waals surface area contributed by atoms with Crippen LogP contribution in [0, 0.1) is 16.0 Å². The van der Waals surface area contributed by atoms with Crippen molar-refractivity contribution in [3.63, 3.8) is 0 Å². The molecule has 19 heavy (non-hydrogen) atoms. The summed E-state index contributed by atoms with van der Waals surface area (Å²) in [5.74, 6) is 0.723. The second-order valence-corrected chi connectivity index (χ2v) is 5.23. The first-order valence-electron chi connectivity index (χ1n) is 6.84. The molecule has 0 amide bonds. The highest BCUT2D eigenvalue weighted by molar-refractivity contribution is 5.66. The third-order valence-corrected chi connectivity index (χ3v) is 3.58. The van der Waals surface area contributed by atoms with Crippen LogP contribution in [-0.2, 0) is 6.54 Å². The third-order valence-electron chi connectivity index (χ3n) is 3.58. The van der Waals surface area contributed by atoms with Crippen LogP contribution in [0.4, 0.5) is 11.4 Å². The van der Waals surface area contributed by atoms with Crippen LogP contribution < -0.4 is 5.32 Å². The molecule has 0 saturated carbocycles. The second-order valence-electron chi connectivity index (χ2n) is 5.23. The van der Waals surface area contributed by atoms with Gasteiger partial charge in [0, 0.05) is 25.7 Å². The van der Waals surface area contributed by atoms with Crippen LogP contribution in [-0.4, -0.2) is 29.5 Å². The Balaban J connectivity index is 2.23. The van der Waals surface area contributed by atoms with E-state index in [2.05, 4.69) is 17.1 Å². The summed E-state index contributed by atoms with van der Waals surface area (Å²) in [4.78, 5) is 13.1. The summed E-state index contributed by atoms with van der Waals surface area (Å²) in [5.41, 5.74) is 1.87. The number of para-hydroxylation sites is 1. The summed E-state index contributed by atoms with van der Waals surface area (Å²) in [6.07, 6.45) is 1.21. The van der Waals surface area contributed by atoms with Gasteiger partial charge in [0.25, 0.3) is 5.69 Å². The van der Waals surface area contributed by atoms with Gasteiger partial charge in [0.1, 0.15) is 5.69 Å². The molecule has 5 nitrogen and oxygen atoms in total. The molecular formula is C14H21N3O2. The number of anilines is 1. The number of likely N-dealkylation sites (tertiary alicyclic amines) is 1. The molecule has 1 unspecified atom stereocenters. The summed E-state index contributed by atoms with van der Waals surface area (Å²) >= 11 is 0. The minimum Gasteiger partial charge on any atom is -0.380 e. The topological polar surface area (TPSA) is 58.4 Å². The Morgan fingerprint density at radius 2 is 2.32 bits per heavy atom. The van der Waals surface area contributed by atoms with Crippen LogP contribution in [0.5, 0.6) is 0 Å². The molecule has 5 heteroatoms. The monoisotopic (exact) mass is 263 g/mol. The minimum atomic E-state index is -0.311. The highest BCUT2D eigenvalue weighted by Crippen LogP contribution is 2.30. The van der Waals surface area contributed by atoms with Gasteiger partial charge in [0.2, 0.25) is 0 Å². The van der Waals surface area contributed by atoms with E-state index in [0.717, 1.165) is 31.1 Å². The Morgan fingerprint density at radius 1 is 1.53 bits per heavy atom. The first kappa shape index (κ1) is 13.8. The molecule has 2 rings (SSSR count). The lowest BCUT2D eigenvalue weighted by atomic mass is 10.1. The molecule has 1 atom stereocenters. The highest BCUT2D eigenvalue weighted by atomic mass is 16.6. The summed E-state index contributed by atoms with van der Waals surface area (Å²) in [5, 5.41) is 14.2. The van der Waals surface area contributed by atoms with Crippen molar-refractivity contribution >= 4 is 11.4 Å². The van der Waals surface area contributed by atoms with Crippen LogP contribution in [0.25, 0.3) is 0 Å². The van der Waals surface area contributed by atoms with Crippen molar-refractivity contribution < 1.29 is 4.92 Å². The molecule has 1 fully saturated rings. The largest absolute Gasteiger partial charge is 0.380 e. The molecule has 0 radical (unpaired) electrons. The van der Waals surface area contributed by atoms with Gasteiger partial charge in [-0.15, -0.1) is 0 Å². The zero-order chi connectivity index (χ0) is 13.8. The second kappa shape index (κ2) is 6.02. The smallest absolute Gasteiger partial charge is 0.292 e. The van der Waals surface area contributed by atoms with E-state index < -0.39 is 0 Å². The Hall–Kier alpha value is -1.62. The van der Waals surface area contributed by atoms with Gasteiger partial charge in [0.15, 0.2) is 0 Å². The van der Waals surface area contributed by atoms with Crippen LogP contribution in [0.1, 0.15) is 25.8 Å². The molecule has 0 aliphatic carbocycles. The van der Waals surface area contributed by atoms with Gasteiger partial charge in [-0.1, -0.05) is 19.1 Å². The van der Waals surface area contributed by atoms with Crippen molar-refractivity contribution in [2.75, 3.05) is 25.0 Å². The number of nitro groups is 1. The van der Waals surface area contributed by atoms with Crippen LogP contribution in [0.3, 0.4) is 0 Å². The zero-order valence-corrected chi connectivity index (χ0v) is 11.6. The van der Waals surface area contributed by atoms with Crippen molar-refractivity contribution in [2.24, 2.45) is 5.92 Å². The van der Waals surface area contributed by atoms with Gasteiger partial charge in [-0.2, -0.15) is 0 Å². The summed E-state index contributed by atoms with van der Waals surface area (Å²) < 4.78 is 0. The van der Waals surface area contributed by atoms with Gasteiger partial charge >= 0.3 is 0 Å². The van der Waals surface area contributed by atoms with Crippen molar-refractivity contribution in [3.8, 4) is 0 Å². The van der Waals surface area contributed by atoms with Crippen molar-refractivity contribution in [3.05, 3.63) is 33.9 Å². The third kappa shape index (κ3) is 3.23. The maximum Gasteiger partial charge on any atom is 0.292 e. The fourth-order valence-electron chi connectivity index (χ4n) is 2.66. The molecule has 1 N–H and O–H groups in total. The fourth-order valence-corrected chi connectivity index (χ4v) is 2.66. The van der Waals surface area contributed by atoms with Crippen molar-refractivity contribution in [1.82, 2.24) is 4.90 Å². The molecule has 0 spiro atoms. The van der Waals surface area contributed by atoms with Gasteiger partial charge in [-0.05, 0) is 31.4 Å². The lowest BCUT2D eigenvalue weighted by Crippen LogP contribution is -2.20. The molecule has 1 saturated heterocycles. The molecule has 1 aromatic carbocycles. The lowest BCUT2D eigenvalue weighted by molar-refractivity contribution is -0.384. The van der Waals surface area contributed by atoms with Crippen LogP contribution in [0.2, 0.25) is 0 Å². The van der Waals surface area contributed by atoms with E-state index >= 15 is 0 Å². The number of hydrogen-bond donors (Lipinski definition) is 1. The Morgan fingerprint density at radius 3 is 2.89 bits per heavy atom. The number of nitrogens with zero attached hydrogens (tertiary/aromatic N) is 2. The van der Waals surface area contributed by atoms with E-state index in [1.807, 2.05) is 13.0 Å². The quantitative estimate of drug-likeness (QED) is 0.655. The molecule has 1 aromatic rings. The average molecular weight is 263 g/mol. The van der Waals surface area contributed by atoms with Crippen molar-refractivity contribution in [2.45, 2.75) is 26.8 Å². The number of nitro benzene ring substituents is 1. The zero-order valence-electron chi connectivity index (χ0n) is 11.6. The van der Waals surface area contributed by atoms with Crippen molar-refractivity contribution in [1.29, 1.82) is 0 Å². The summed E-state index contributed by atoms with van der Waals surface area (Å²) in [6, 6.07) is 5.32. The van der Waals surface area contributed by atoms with E-state index in [9.17, 15) is 10.1 Å². The number of rotatable bonds is 5. The SMILES string of the molecule is CCNc1c(CN2CCC(C)C2)cccc1[N+](=O)[O-]. The van der Waals surface area contributed by atoms with Crippen LogP contribution >= 0.6 is 0 Å². The standard InChI is InChI=1S/C14H21N3O2/c1-3-15-14-12(5-4-6-13(14)17(18)19)10-16-8-7-11(2)9-16/h4-6,11,15H,3,7-10H2,1-2H3. The summed E-state index contributed by atoms with van der Waals surface area (Å²) in [7, 11) is 0. The molecule has 104 valence electrons. The number of hydrogen-bond acceptors (Lipinski definition) is 4. The molecule has 0 aromatic heterocycles. The van der Waals surface area contributed by atoms with E-state index in [-0.39, 0.29) is 10.6 Å². The first-order chi connectivity index (χ1) is 9.11. The number of nitrogens with one attached hydrogen (secondary N) is 1. The van der Waals surface area contributed by atoms with Gasteiger partial charge < -0.3 is 5.32 Å². The van der Waals surface area contributed by atoms with E-state index in [1.165, 1.54) is 6.42 Å². The Kier molecular flexibility index (Phi) is 4.37. The van der Waals surface area contributed by atoms with Gasteiger partial charge in [0.05, 0.1) is 4.92 Å². The highest BCUT2D eigenvalue weighted by Gasteiger charge is 2.22. The molecule has 0 bridgehead atoms. The van der Waals surface area contributed by atoms with E-state index in [0.29, 0.717) is 12.2 Å². The maximum atomic E-state index is 11.1. The van der Waals surface area contributed by atoms with E-state index in [4.69, 9.17) is 0 Å². The molecule has 1 aliphatic heterocycles. The van der Waals surface area contributed by atoms with Gasteiger partial charge in [-0.25, -0.2) is 0 Å². The predicted molar refractivity (Wildman–Crippen MR) is 76.3 cm³/mol. The Labute approximate surface area is 113 Å². The molecular weight excluding hydrogens is 242 g/mol. The minimum absolute atomic E-state index is 0.173. The number of benzene rings is 1. The van der Waals surface area contributed by atoms with Crippen LogP contribution in [0.15, 0.2) is 18.2 Å². The summed E-state index contributed by atoms with van der Waals surface area (Å²) in [6.45, 7) is 7.84. The normalized spacial score (nSPS) is 19.6. The first-order valence-corrected chi connectivity index (χ1v) is 6.84. The molecule has 1 aliphatic rings. The predicted octanol–water partition coefficient (Wildman–Crippen LogP) is 2.87. The Bertz CT molecular complexity index is 462. The fraction of sp³-hybridized carbons (Fsp3) is 0.571. The van der Waals surface area contributed by atoms with Gasteiger partial charge in [-0.3, -0.25) is 15.0 Å². The maximum absolute atomic E-state index is 11.1.